The fourth-order valence-electron chi connectivity index (χ4n) is 1.44. The van der Waals surface area contributed by atoms with Gasteiger partial charge in [0.2, 0.25) is 0 Å². The van der Waals surface area contributed by atoms with Crippen LogP contribution in [0.4, 0.5) is 0 Å². The number of fused-ring (bicyclic) bond motifs is 1. The Kier molecular flexibility index (Phi) is 2.90. The predicted octanol–water partition coefficient (Wildman–Crippen LogP) is -0.101. The van der Waals surface area contributed by atoms with Crippen LogP contribution in [-0.2, 0) is 16.6 Å². The van der Waals surface area contributed by atoms with Crippen LogP contribution >= 0.6 is 0 Å². The van der Waals surface area contributed by atoms with E-state index in [9.17, 15) is 8.42 Å². The molecular formula is C9H12N4O2S. The Balaban J connectivity index is 2.05. The molecule has 1 aromatic heterocycles. The Labute approximate surface area is 93.1 Å². The summed E-state index contributed by atoms with van der Waals surface area (Å²) >= 11 is 0. The maximum Gasteiger partial charge on any atom is 0.274 e. The van der Waals surface area contributed by atoms with E-state index in [0.717, 1.165) is 16.9 Å². The molecule has 0 saturated heterocycles. The van der Waals surface area contributed by atoms with Crippen molar-refractivity contribution in [2.45, 2.75) is 6.42 Å². The van der Waals surface area contributed by atoms with E-state index >= 15 is 0 Å². The first-order chi connectivity index (χ1) is 7.54. The van der Waals surface area contributed by atoms with Gasteiger partial charge in [-0.2, -0.15) is 8.42 Å². The van der Waals surface area contributed by atoms with E-state index in [1.807, 2.05) is 24.3 Å². The van der Waals surface area contributed by atoms with Crippen molar-refractivity contribution in [1.82, 2.24) is 14.7 Å². The molecule has 0 atom stereocenters. The number of benzene rings is 1. The van der Waals surface area contributed by atoms with Gasteiger partial charge in [0.15, 0.2) is 0 Å². The number of nitrogens with two attached hydrogens (primary N) is 1. The summed E-state index contributed by atoms with van der Waals surface area (Å²) in [4.78, 5) is 7.40. The van der Waals surface area contributed by atoms with Gasteiger partial charge in [0, 0.05) is 13.0 Å². The number of aromatic nitrogens is 2. The summed E-state index contributed by atoms with van der Waals surface area (Å²) in [5.74, 6) is 0.734. The molecule has 0 aliphatic rings. The van der Waals surface area contributed by atoms with Crippen LogP contribution in [0.2, 0.25) is 0 Å². The summed E-state index contributed by atoms with van der Waals surface area (Å²) in [5.41, 5.74) is 1.81. The molecule has 0 aliphatic carbocycles. The molecule has 0 saturated carbocycles. The summed E-state index contributed by atoms with van der Waals surface area (Å²) < 4.78 is 23.5. The summed E-state index contributed by atoms with van der Waals surface area (Å²) in [7, 11) is -3.62. The summed E-state index contributed by atoms with van der Waals surface area (Å²) in [6.07, 6.45) is 0.477. The molecule has 1 aromatic carbocycles. The van der Waals surface area contributed by atoms with Crippen molar-refractivity contribution in [3.05, 3.63) is 30.1 Å². The maximum absolute atomic E-state index is 10.6. The molecule has 1 heterocycles. The molecule has 0 aliphatic heterocycles. The number of aromatic amines is 1. The molecule has 7 heteroatoms. The van der Waals surface area contributed by atoms with Gasteiger partial charge in [-0.25, -0.2) is 14.8 Å². The summed E-state index contributed by atoms with van der Waals surface area (Å²) in [6.45, 7) is 0.235. The molecule has 0 radical (unpaired) electrons. The zero-order valence-electron chi connectivity index (χ0n) is 8.47. The molecule has 16 heavy (non-hydrogen) atoms. The lowest BCUT2D eigenvalue weighted by atomic mass is 10.3. The van der Waals surface area contributed by atoms with Crippen molar-refractivity contribution in [3.8, 4) is 0 Å². The molecule has 0 unspecified atom stereocenters. The first kappa shape index (κ1) is 11.1. The minimum Gasteiger partial charge on any atom is -0.342 e. The molecule has 0 amide bonds. The van der Waals surface area contributed by atoms with E-state index in [1.54, 1.807) is 0 Å². The highest BCUT2D eigenvalue weighted by molar-refractivity contribution is 7.87. The number of para-hydroxylation sites is 2. The molecule has 4 N–H and O–H groups in total. The standard InChI is InChI=1S/C9H12N4O2S/c10-16(14,15)11-6-5-9-12-7-3-1-2-4-8(7)13-9/h1-4,11H,5-6H2,(H,12,13)(H2,10,14,15). The number of rotatable bonds is 4. The molecule has 0 fully saturated rings. The monoisotopic (exact) mass is 240 g/mol. The zero-order chi connectivity index (χ0) is 11.6. The minimum absolute atomic E-state index is 0.235. The van der Waals surface area contributed by atoms with Crippen LogP contribution in [0.15, 0.2) is 24.3 Å². The third-order valence-electron chi connectivity index (χ3n) is 2.10. The molecule has 0 bridgehead atoms. The fraction of sp³-hybridized carbons (Fsp3) is 0.222. The second-order valence-corrected chi connectivity index (χ2v) is 4.77. The summed E-state index contributed by atoms with van der Waals surface area (Å²) in [5, 5.41) is 4.81. The zero-order valence-corrected chi connectivity index (χ0v) is 9.29. The number of nitrogens with zero attached hydrogens (tertiary/aromatic N) is 1. The van der Waals surface area contributed by atoms with E-state index in [1.165, 1.54) is 0 Å². The minimum atomic E-state index is -3.62. The van der Waals surface area contributed by atoms with Crippen LogP contribution < -0.4 is 9.86 Å². The maximum atomic E-state index is 10.6. The molecule has 2 rings (SSSR count). The number of hydrogen-bond donors (Lipinski definition) is 3. The largest absolute Gasteiger partial charge is 0.342 e. The number of imidazole rings is 1. The van der Waals surface area contributed by atoms with Gasteiger partial charge in [-0.1, -0.05) is 12.1 Å². The Bertz CT molecular complexity index is 557. The lowest BCUT2D eigenvalue weighted by molar-refractivity contribution is 0.583. The molecule has 6 nitrogen and oxygen atoms in total. The van der Waals surface area contributed by atoms with Crippen molar-refractivity contribution < 1.29 is 8.42 Å². The van der Waals surface area contributed by atoms with Gasteiger partial charge in [0.05, 0.1) is 11.0 Å². The smallest absolute Gasteiger partial charge is 0.274 e. The lowest BCUT2D eigenvalue weighted by Crippen LogP contribution is -2.32. The third kappa shape index (κ3) is 2.78. The van der Waals surface area contributed by atoms with Gasteiger partial charge >= 0.3 is 0 Å². The lowest BCUT2D eigenvalue weighted by Gasteiger charge is -1.98. The first-order valence-corrected chi connectivity index (χ1v) is 6.30. The van der Waals surface area contributed by atoms with Crippen molar-refractivity contribution in [3.63, 3.8) is 0 Å². The average Bonchev–Trinajstić information content (AvgIpc) is 2.57. The van der Waals surface area contributed by atoms with Gasteiger partial charge in [-0.05, 0) is 12.1 Å². The first-order valence-electron chi connectivity index (χ1n) is 4.75. The van der Waals surface area contributed by atoms with E-state index in [0.29, 0.717) is 6.42 Å². The Hall–Kier alpha value is -1.44. The molecular weight excluding hydrogens is 228 g/mol. The quantitative estimate of drug-likeness (QED) is 0.695. The van der Waals surface area contributed by atoms with Crippen LogP contribution in [0, 0.1) is 0 Å². The van der Waals surface area contributed by atoms with Crippen LogP contribution in [0.3, 0.4) is 0 Å². The highest BCUT2D eigenvalue weighted by atomic mass is 32.2. The second kappa shape index (κ2) is 4.20. The highest BCUT2D eigenvalue weighted by Gasteiger charge is 2.04. The van der Waals surface area contributed by atoms with Gasteiger partial charge in [-0.3, -0.25) is 0 Å². The predicted molar refractivity (Wildman–Crippen MR) is 60.9 cm³/mol. The van der Waals surface area contributed by atoms with Crippen molar-refractivity contribution in [2.75, 3.05) is 6.54 Å². The summed E-state index contributed by atoms with van der Waals surface area (Å²) in [6, 6.07) is 7.61. The van der Waals surface area contributed by atoms with Crippen molar-refractivity contribution in [2.24, 2.45) is 5.14 Å². The topological polar surface area (TPSA) is 101 Å². The van der Waals surface area contributed by atoms with Crippen LogP contribution in [-0.4, -0.2) is 24.9 Å². The van der Waals surface area contributed by atoms with Gasteiger partial charge < -0.3 is 4.98 Å². The van der Waals surface area contributed by atoms with E-state index in [2.05, 4.69) is 14.7 Å². The second-order valence-electron chi connectivity index (χ2n) is 3.39. The average molecular weight is 240 g/mol. The van der Waals surface area contributed by atoms with E-state index in [-0.39, 0.29) is 6.54 Å². The normalized spacial score (nSPS) is 12.1. The van der Waals surface area contributed by atoms with Crippen LogP contribution in [0.5, 0.6) is 0 Å². The van der Waals surface area contributed by atoms with Gasteiger partial charge in [-0.15, -0.1) is 0 Å². The number of nitrogens with one attached hydrogen (secondary N) is 2. The Morgan fingerprint density at radius 3 is 2.81 bits per heavy atom. The Morgan fingerprint density at radius 2 is 2.12 bits per heavy atom. The van der Waals surface area contributed by atoms with Gasteiger partial charge in [0.25, 0.3) is 10.2 Å². The van der Waals surface area contributed by atoms with Crippen LogP contribution in [0.25, 0.3) is 11.0 Å². The highest BCUT2D eigenvalue weighted by Crippen LogP contribution is 2.10. The molecule has 0 spiro atoms. The molecule has 2 aromatic rings. The Morgan fingerprint density at radius 1 is 1.38 bits per heavy atom. The van der Waals surface area contributed by atoms with Crippen molar-refractivity contribution in [1.29, 1.82) is 0 Å². The van der Waals surface area contributed by atoms with E-state index < -0.39 is 10.2 Å². The van der Waals surface area contributed by atoms with Gasteiger partial charge in [0.1, 0.15) is 5.82 Å². The fourth-order valence-corrected chi connectivity index (χ4v) is 1.82. The van der Waals surface area contributed by atoms with Crippen LogP contribution in [0.1, 0.15) is 5.82 Å². The molecule has 86 valence electrons. The number of hydrogen-bond acceptors (Lipinski definition) is 3. The van der Waals surface area contributed by atoms with E-state index in [4.69, 9.17) is 5.14 Å². The van der Waals surface area contributed by atoms with Crippen molar-refractivity contribution >= 4 is 21.2 Å². The third-order valence-corrected chi connectivity index (χ3v) is 2.71. The number of H-pyrrole nitrogens is 1. The SMILES string of the molecule is NS(=O)(=O)NCCc1nc2ccccc2[nH]1.